The Morgan fingerprint density at radius 3 is 1.91 bits per heavy atom. The van der Waals surface area contributed by atoms with E-state index >= 15 is 0 Å². The third-order valence-electron chi connectivity index (χ3n) is 7.07. The number of rotatable bonds is 6. The van der Waals surface area contributed by atoms with Crippen molar-refractivity contribution in [2.24, 2.45) is 0 Å². The van der Waals surface area contributed by atoms with Crippen LogP contribution in [0, 0.1) is 22.7 Å². The Morgan fingerprint density at radius 2 is 1.40 bits per heavy atom. The number of sulfonamides is 1. The summed E-state index contributed by atoms with van der Waals surface area (Å²) in [6, 6.07) is 27.0. The largest absolute Gasteiger partial charge is 0.382 e. The van der Waals surface area contributed by atoms with Gasteiger partial charge < -0.3 is 5.32 Å². The third-order valence-corrected chi connectivity index (χ3v) is 8.98. The quantitative estimate of drug-likeness (QED) is 0.531. The fourth-order valence-electron chi connectivity index (χ4n) is 4.66. The Morgan fingerprint density at radius 1 is 0.829 bits per heavy atom. The Hall–Kier alpha value is -3.65. The van der Waals surface area contributed by atoms with E-state index in [4.69, 9.17) is 5.26 Å². The molecule has 0 radical (unpaired) electrons. The van der Waals surface area contributed by atoms with Crippen LogP contribution in [0.3, 0.4) is 0 Å². The van der Waals surface area contributed by atoms with Crippen LogP contribution in [0.1, 0.15) is 36.8 Å². The van der Waals surface area contributed by atoms with Crippen molar-refractivity contribution in [1.29, 1.82) is 10.5 Å². The summed E-state index contributed by atoms with van der Waals surface area (Å²) in [6.07, 6.45) is 3.32. The number of hydrogen-bond acceptors (Lipinski definition) is 5. The Kier molecular flexibility index (Phi) is 6.06. The van der Waals surface area contributed by atoms with E-state index in [9.17, 15) is 13.7 Å². The molecule has 3 aromatic rings. The summed E-state index contributed by atoms with van der Waals surface area (Å²) < 4.78 is 27.9. The second-order valence-electron chi connectivity index (χ2n) is 9.31. The van der Waals surface area contributed by atoms with Gasteiger partial charge in [0.05, 0.1) is 28.0 Å². The minimum absolute atomic E-state index is 0.205. The van der Waals surface area contributed by atoms with Crippen molar-refractivity contribution in [3.8, 4) is 23.3 Å². The van der Waals surface area contributed by atoms with E-state index in [-0.39, 0.29) is 11.5 Å². The van der Waals surface area contributed by atoms with Gasteiger partial charge in [-0.2, -0.15) is 14.8 Å². The van der Waals surface area contributed by atoms with Crippen LogP contribution >= 0.6 is 0 Å². The molecule has 0 spiro atoms. The minimum atomic E-state index is -3.55. The molecule has 1 aliphatic heterocycles. The predicted molar refractivity (Wildman–Crippen MR) is 135 cm³/mol. The highest BCUT2D eigenvalue weighted by molar-refractivity contribution is 7.89. The van der Waals surface area contributed by atoms with Gasteiger partial charge in [-0.15, -0.1) is 0 Å². The van der Waals surface area contributed by atoms with Crippen molar-refractivity contribution in [1.82, 2.24) is 4.31 Å². The van der Waals surface area contributed by atoms with Crippen molar-refractivity contribution in [3.05, 3.63) is 83.9 Å². The molecular weight excluding hydrogens is 456 g/mol. The maximum atomic E-state index is 13.2. The summed E-state index contributed by atoms with van der Waals surface area (Å²) in [4.78, 5) is 0.295. The zero-order chi connectivity index (χ0) is 24.5. The maximum absolute atomic E-state index is 13.2. The topological polar surface area (TPSA) is 97.0 Å². The molecule has 6 nitrogen and oxygen atoms in total. The first-order valence-electron chi connectivity index (χ1n) is 11.8. The highest BCUT2D eigenvalue weighted by Crippen LogP contribution is 2.47. The number of anilines is 1. The number of nitrogens with zero attached hydrogens (tertiary/aromatic N) is 3. The third kappa shape index (κ3) is 4.66. The van der Waals surface area contributed by atoms with E-state index in [0.29, 0.717) is 23.5 Å². The van der Waals surface area contributed by atoms with Crippen molar-refractivity contribution in [2.75, 3.05) is 18.4 Å². The van der Waals surface area contributed by atoms with Crippen LogP contribution in [0.2, 0.25) is 0 Å². The summed E-state index contributed by atoms with van der Waals surface area (Å²) >= 11 is 0. The fourth-order valence-corrected chi connectivity index (χ4v) is 6.13. The van der Waals surface area contributed by atoms with Gasteiger partial charge in [-0.3, -0.25) is 0 Å². The lowest BCUT2D eigenvalue weighted by Crippen LogP contribution is -2.42. The van der Waals surface area contributed by atoms with Crippen LogP contribution in [0.4, 0.5) is 5.69 Å². The van der Waals surface area contributed by atoms with Gasteiger partial charge in [-0.25, -0.2) is 8.42 Å². The van der Waals surface area contributed by atoms with Gasteiger partial charge in [0.25, 0.3) is 0 Å². The lowest BCUT2D eigenvalue weighted by molar-refractivity contribution is 0.330. The second-order valence-corrected chi connectivity index (χ2v) is 11.2. The predicted octanol–water partition coefficient (Wildman–Crippen LogP) is 5.05. The van der Waals surface area contributed by atoms with E-state index < -0.39 is 10.0 Å². The molecule has 2 aliphatic rings. The first kappa shape index (κ1) is 23.1. The average Bonchev–Trinajstić information content (AvgIpc) is 3.71. The molecule has 7 heteroatoms. The van der Waals surface area contributed by atoms with Gasteiger partial charge in [-0.1, -0.05) is 36.4 Å². The molecule has 0 bridgehead atoms. The van der Waals surface area contributed by atoms with E-state index in [0.717, 1.165) is 48.1 Å². The molecular formula is C28H26N4O2S. The van der Waals surface area contributed by atoms with E-state index in [1.807, 2.05) is 48.5 Å². The smallest absolute Gasteiger partial charge is 0.243 e. The monoisotopic (exact) mass is 482 g/mol. The molecule has 1 N–H and O–H groups in total. The summed E-state index contributed by atoms with van der Waals surface area (Å²) in [7, 11) is -3.55. The number of piperidine rings is 1. The van der Waals surface area contributed by atoms with Crippen molar-refractivity contribution in [2.45, 2.75) is 42.0 Å². The minimum Gasteiger partial charge on any atom is -0.382 e. The fraction of sp³-hybridized carbons (Fsp3) is 0.286. The van der Waals surface area contributed by atoms with Crippen molar-refractivity contribution >= 4 is 15.7 Å². The van der Waals surface area contributed by atoms with Crippen LogP contribution in [-0.2, 0) is 15.4 Å². The standard InChI is InChI=1S/C28H26N4O2S/c29-19-21-1-3-22(4-2-21)23-5-11-27(12-6-23)35(33,34)32-17-13-26(14-18-32)31-25-9-7-24(8-10-25)28(20-30)15-16-28/h1-12,26,31H,13-18H2. The van der Waals surface area contributed by atoms with Crippen LogP contribution < -0.4 is 5.32 Å². The van der Waals surface area contributed by atoms with E-state index in [1.54, 1.807) is 28.6 Å². The second kappa shape index (κ2) is 9.19. The molecule has 1 saturated carbocycles. The molecule has 1 saturated heterocycles. The highest BCUT2D eigenvalue weighted by Gasteiger charge is 2.44. The van der Waals surface area contributed by atoms with Crippen LogP contribution in [0.5, 0.6) is 0 Å². The Balaban J connectivity index is 1.19. The molecule has 1 heterocycles. The SMILES string of the molecule is N#Cc1ccc(-c2ccc(S(=O)(=O)N3CCC(Nc4ccc(C5(C#N)CC5)cc4)CC3)cc2)cc1. The zero-order valence-electron chi connectivity index (χ0n) is 19.3. The molecule has 2 fully saturated rings. The van der Waals surface area contributed by atoms with Crippen LogP contribution in [-0.4, -0.2) is 31.9 Å². The highest BCUT2D eigenvalue weighted by atomic mass is 32.2. The van der Waals surface area contributed by atoms with Crippen molar-refractivity contribution in [3.63, 3.8) is 0 Å². The van der Waals surface area contributed by atoms with Gasteiger partial charge in [0, 0.05) is 24.8 Å². The molecule has 0 unspecified atom stereocenters. The lowest BCUT2D eigenvalue weighted by atomic mass is 9.97. The number of nitrogens with one attached hydrogen (secondary N) is 1. The average molecular weight is 483 g/mol. The summed E-state index contributed by atoms with van der Waals surface area (Å²) in [5.41, 5.74) is 4.24. The molecule has 0 aromatic heterocycles. The van der Waals surface area contributed by atoms with Gasteiger partial charge in [0.1, 0.15) is 0 Å². The van der Waals surface area contributed by atoms with Crippen LogP contribution in [0.25, 0.3) is 11.1 Å². The maximum Gasteiger partial charge on any atom is 0.243 e. The number of benzene rings is 3. The normalized spacial score (nSPS) is 17.8. The summed E-state index contributed by atoms with van der Waals surface area (Å²) in [5.74, 6) is 0. The van der Waals surface area contributed by atoms with Gasteiger partial charge in [-0.05, 0) is 78.8 Å². The van der Waals surface area contributed by atoms with Crippen LogP contribution in [0.15, 0.2) is 77.7 Å². The first-order chi connectivity index (χ1) is 16.9. The molecule has 1 aliphatic carbocycles. The summed E-state index contributed by atoms with van der Waals surface area (Å²) in [5, 5.41) is 21.8. The van der Waals surface area contributed by atoms with Gasteiger partial charge in [0.2, 0.25) is 10.0 Å². The van der Waals surface area contributed by atoms with E-state index in [2.05, 4.69) is 17.5 Å². The Labute approximate surface area is 206 Å². The Bertz CT molecular complexity index is 1390. The van der Waals surface area contributed by atoms with Crippen molar-refractivity contribution < 1.29 is 8.42 Å². The first-order valence-corrected chi connectivity index (χ1v) is 13.3. The molecule has 0 amide bonds. The van der Waals surface area contributed by atoms with Gasteiger partial charge in [0.15, 0.2) is 0 Å². The molecule has 3 aromatic carbocycles. The molecule has 176 valence electrons. The van der Waals surface area contributed by atoms with E-state index in [1.165, 1.54) is 0 Å². The molecule has 0 atom stereocenters. The lowest BCUT2D eigenvalue weighted by Gasteiger charge is -2.32. The number of nitriles is 2. The zero-order valence-corrected chi connectivity index (χ0v) is 20.1. The molecule has 5 rings (SSSR count). The van der Waals surface area contributed by atoms with Gasteiger partial charge >= 0.3 is 0 Å². The summed E-state index contributed by atoms with van der Waals surface area (Å²) in [6.45, 7) is 0.931. The molecule has 35 heavy (non-hydrogen) atoms. The number of hydrogen-bond donors (Lipinski definition) is 1.